The predicted molar refractivity (Wildman–Crippen MR) is 88.4 cm³/mol. The lowest BCUT2D eigenvalue weighted by molar-refractivity contribution is 0.0721. The normalized spacial score (nSPS) is 28.9. The van der Waals surface area contributed by atoms with E-state index in [-0.39, 0.29) is 0 Å². The van der Waals surface area contributed by atoms with E-state index < -0.39 is 0 Å². The molecule has 0 spiro atoms. The summed E-state index contributed by atoms with van der Waals surface area (Å²) in [5, 5.41) is 3.92. The van der Waals surface area contributed by atoms with Gasteiger partial charge in [-0.3, -0.25) is 0 Å². The van der Waals surface area contributed by atoms with Crippen molar-refractivity contribution in [2.75, 3.05) is 32.7 Å². The highest BCUT2D eigenvalue weighted by Crippen LogP contribution is 2.25. The summed E-state index contributed by atoms with van der Waals surface area (Å²) >= 11 is 0. The number of nitrogens with one attached hydrogen (secondary N) is 1. The van der Waals surface area contributed by atoms with Gasteiger partial charge in [0.05, 0.1) is 0 Å². The number of piperidine rings is 1. The number of likely N-dealkylation sites (tertiary alicyclic amines) is 1. The van der Waals surface area contributed by atoms with E-state index in [4.69, 9.17) is 0 Å². The number of rotatable bonds is 3. The van der Waals surface area contributed by atoms with Gasteiger partial charge in [-0.15, -0.1) is 0 Å². The molecule has 0 aromatic heterocycles. The molecule has 2 fully saturated rings. The van der Waals surface area contributed by atoms with Gasteiger partial charge in [-0.1, -0.05) is 6.92 Å². The van der Waals surface area contributed by atoms with Crippen LogP contribution in [0.4, 0.5) is 0 Å². The molecule has 5 heteroatoms. The van der Waals surface area contributed by atoms with E-state index in [2.05, 4.69) is 44.7 Å². The van der Waals surface area contributed by atoms with E-state index in [1.807, 2.05) is 0 Å². The van der Waals surface area contributed by atoms with Crippen molar-refractivity contribution in [3.05, 3.63) is 0 Å². The molecule has 108 valence electrons. The SMILES string of the molecule is BC1(B)CCNCCN1C1CCN([C@H](C)CC)CC1. The third-order valence-corrected chi connectivity index (χ3v) is 5.37. The molecule has 0 bridgehead atoms. The van der Waals surface area contributed by atoms with Crippen LogP contribution in [0.15, 0.2) is 0 Å². The Labute approximate surface area is 121 Å². The Hall–Kier alpha value is 0.00987. The van der Waals surface area contributed by atoms with Crippen molar-refractivity contribution in [3.63, 3.8) is 0 Å². The minimum absolute atomic E-state index is 0.368. The molecule has 0 aromatic rings. The third-order valence-electron chi connectivity index (χ3n) is 5.37. The van der Waals surface area contributed by atoms with Crippen LogP contribution in [0, 0.1) is 0 Å². The summed E-state index contributed by atoms with van der Waals surface area (Å²) in [5.74, 6) is 0. The summed E-state index contributed by atoms with van der Waals surface area (Å²) in [6.45, 7) is 10.8. The summed E-state index contributed by atoms with van der Waals surface area (Å²) < 4.78 is 0. The van der Waals surface area contributed by atoms with Crippen LogP contribution in [0.2, 0.25) is 0 Å². The van der Waals surface area contributed by atoms with Gasteiger partial charge in [-0.05, 0) is 57.6 Å². The van der Waals surface area contributed by atoms with Gasteiger partial charge < -0.3 is 15.1 Å². The van der Waals surface area contributed by atoms with E-state index in [1.165, 1.54) is 51.9 Å². The van der Waals surface area contributed by atoms with Crippen LogP contribution in [0.3, 0.4) is 0 Å². The molecule has 0 aromatic carbocycles. The fraction of sp³-hybridized carbons (Fsp3) is 1.00. The van der Waals surface area contributed by atoms with Crippen molar-refractivity contribution in [1.29, 1.82) is 0 Å². The van der Waals surface area contributed by atoms with Gasteiger partial charge >= 0.3 is 0 Å². The minimum Gasteiger partial charge on any atom is -0.315 e. The fourth-order valence-electron chi connectivity index (χ4n) is 3.74. The average Bonchev–Trinajstić information content (AvgIpc) is 2.59. The molecule has 0 radical (unpaired) electrons. The molecule has 2 aliphatic rings. The molecule has 0 amide bonds. The van der Waals surface area contributed by atoms with Crippen molar-refractivity contribution >= 4 is 15.7 Å². The minimum atomic E-state index is 0.368. The molecule has 2 aliphatic heterocycles. The van der Waals surface area contributed by atoms with Crippen LogP contribution >= 0.6 is 0 Å². The standard InChI is InChI=1S/C14H31B2N3/c1-3-12(2)18-9-4-13(5-10-18)19-11-8-17-7-6-14(19,15)16/h12-13,17H,3-11,15-16H2,1-2H3/t12-/m1/s1. The lowest BCUT2D eigenvalue weighted by atomic mass is 9.58. The molecule has 3 nitrogen and oxygen atoms in total. The monoisotopic (exact) mass is 263 g/mol. The maximum atomic E-state index is 3.56. The van der Waals surface area contributed by atoms with Crippen molar-refractivity contribution in [1.82, 2.24) is 15.1 Å². The highest BCUT2D eigenvalue weighted by atomic mass is 15.2. The first-order valence-corrected chi connectivity index (χ1v) is 8.26. The van der Waals surface area contributed by atoms with Gasteiger partial charge in [0.15, 0.2) is 0 Å². The Morgan fingerprint density at radius 2 is 1.89 bits per heavy atom. The molecule has 1 atom stereocenters. The van der Waals surface area contributed by atoms with Crippen LogP contribution in [0.25, 0.3) is 0 Å². The average molecular weight is 263 g/mol. The summed E-state index contributed by atoms with van der Waals surface area (Å²) in [6.07, 6.45) is 5.27. The van der Waals surface area contributed by atoms with Gasteiger partial charge in [0.2, 0.25) is 0 Å². The van der Waals surface area contributed by atoms with Crippen molar-refractivity contribution < 1.29 is 0 Å². The first kappa shape index (κ1) is 15.4. The zero-order chi connectivity index (χ0) is 13.9. The number of hydrogen-bond acceptors (Lipinski definition) is 3. The van der Waals surface area contributed by atoms with Crippen molar-refractivity contribution in [2.45, 2.75) is 57.0 Å². The largest absolute Gasteiger partial charge is 0.315 e. The Kier molecular flexibility index (Phi) is 5.38. The van der Waals surface area contributed by atoms with Crippen LogP contribution in [0.5, 0.6) is 0 Å². The molecule has 0 unspecified atom stereocenters. The summed E-state index contributed by atoms with van der Waals surface area (Å²) in [5.41, 5.74) is 0. The van der Waals surface area contributed by atoms with Gasteiger partial charge in [-0.2, -0.15) is 0 Å². The molecule has 2 rings (SSSR count). The summed E-state index contributed by atoms with van der Waals surface area (Å²) in [6, 6.07) is 1.56. The summed E-state index contributed by atoms with van der Waals surface area (Å²) in [7, 11) is 4.86. The quantitative estimate of drug-likeness (QED) is 0.690. The zero-order valence-electron chi connectivity index (χ0n) is 13.4. The van der Waals surface area contributed by atoms with Gasteiger partial charge in [0.1, 0.15) is 15.7 Å². The van der Waals surface area contributed by atoms with E-state index in [0.29, 0.717) is 5.34 Å². The molecular formula is C14H31B2N3. The van der Waals surface area contributed by atoms with Crippen LogP contribution in [-0.4, -0.2) is 75.6 Å². The maximum Gasteiger partial charge on any atom is 0.117 e. The molecule has 0 aliphatic carbocycles. The van der Waals surface area contributed by atoms with Gasteiger partial charge in [0.25, 0.3) is 0 Å². The summed E-state index contributed by atoms with van der Waals surface area (Å²) in [4.78, 5) is 5.47. The lowest BCUT2D eigenvalue weighted by Gasteiger charge is -2.47. The fourth-order valence-corrected chi connectivity index (χ4v) is 3.74. The second-order valence-corrected chi connectivity index (χ2v) is 7.03. The van der Waals surface area contributed by atoms with Crippen LogP contribution in [-0.2, 0) is 0 Å². The zero-order valence-corrected chi connectivity index (χ0v) is 13.4. The topological polar surface area (TPSA) is 18.5 Å². The molecule has 2 heterocycles. The third kappa shape index (κ3) is 3.77. The first-order valence-electron chi connectivity index (χ1n) is 8.26. The van der Waals surface area contributed by atoms with Gasteiger partial charge in [0, 0.05) is 25.2 Å². The lowest BCUT2D eigenvalue weighted by Crippen LogP contribution is -2.58. The van der Waals surface area contributed by atoms with Gasteiger partial charge in [-0.25, -0.2) is 0 Å². The Morgan fingerprint density at radius 1 is 1.21 bits per heavy atom. The highest BCUT2D eigenvalue weighted by molar-refractivity contribution is 6.40. The molecular weight excluding hydrogens is 232 g/mol. The Morgan fingerprint density at radius 3 is 2.53 bits per heavy atom. The maximum absolute atomic E-state index is 3.56. The first-order chi connectivity index (χ1) is 9.04. The van der Waals surface area contributed by atoms with E-state index in [9.17, 15) is 0 Å². The van der Waals surface area contributed by atoms with E-state index in [1.54, 1.807) is 0 Å². The second kappa shape index (κ2) is 6.64. The molecule has 1 N–H and O–H groups in total. The van der Waals surface area contributed by atoms with Crippen LogP contribution < -0.4 is 5.32 Å². The molecule has 0 saturated carbocycles. The van der Waals surface area contributed by atoms with Crippen molar-refractivity contribution in [3.8, 4) is 0 Å². The Balaban J connectivity index is 1.92. The number of hydrogen-bond donors (Lipinski definition) is 1. The van der Waals surface area contributed by atoms with E-state index in [0.717, 1.165) is 18.6 Å². The smallest absolute Gasteiger partial charge is 0.117 e. The molecule has 19 heavy (non-hydrogen) atoms. The van der Waals surface area contributed by atoms with E-state index >= 15 is 0 Å². The number of nitrogens with zero attached hydrogens (tertiary/aromatic N) is 2. The second-order valence-electron chi connectivity index (χ2n) is 7.03. The van der Waals surface area contributed by atoms with Crippen molar-refractivity contribution in [2.24, 2.45) is 0 Å². The highest BCUT2D eigenvalue weighted by Gasteiger charge is 2.35. The Bertz CT molecular complexity index is 278. The predicted octanol–water partition coefficient (Wildman–Crippen LogP) is -0.535. The van der Waals surface area contributed by atoms with Crippen LogP contribution in [0.1, 0.15) is 39.5 Å². The molecule has 2 saturated heterocycles.